The number of hydrogen-bond donors (Lipinski definition) is 2. The third kappa shape index (κ3) is 3.53. The topological polar surface area (TPSA) is 60.3 Å². The average Bonchev–Trinajstić information content (AvgIpc) is 3.01. The number of unbranched alkanes of at least 4 members (excludes halogenated alkanes) is 1. The SMILES string of the molecule is COc1ccc(OC)c(-c2[nH]c3c(Br)cccc3c2CCCCN)c1. The first-order valence-electron chi connectivity index (χ1n) is 8.41. The van der Waals surface area contributed by atoms with Gasteiger partial charge in [-0.1, -0.05) is 12.1 Å². The van der Waals surface area contributed by atoms with Gasteiger partial charge in [-0.25, -0.2) is 0 Å². The molecule has 25 heavy (non-hydrogen) atoms. The van der Waals surface area contributed by atoms with Crippen molar-refractivity contribution in [1.82, 2.24) is 4.98 Å². The van der Waals surface area contributed by atoms with Crippen LogP contribution in [0.15, 0.2) is 40.9 Å². The Balaban J connectivity index is 2.21. The lowest BCUT2D eigenvalue weighted by atomic mass is 9.99. The van der Waals surface area contributed by atoms with Crippen LogP contribution in [0.4, 0.5) is 0 Å². The fourth-order valence-electron chi connectivity index (χ4n) is 3.18. The summed E-state index contributed by atoms with van der Waals surface area (Å²) in [7, 11) is 3.37. The van der Waals surface area contributed by atoms with Crippen molar-refractivity contribution >= 4 is 26.8 Å². The molecule has 0 saturated carbocycles. The Bertz CT molecular complexity index is 874. The van der Waals surface area contributed by atoms with Crippen LogP contribution in [-0.2, 0) is 6.42 Å². The Kier molecular flexibility index (Phi) is 5.66. The minimum Gasteiger partial charge on any atom is -0.497 e. The van der Waals surface area contributed by atoms with Crippen LogP contribution < -0.4 is 15.2 Å². The van der Waals surface area contributed by atoms with E-state index < -0.39 is 0 Å². The number of rotatable bonds is 7. The number of para-hydroxylation sites is 1. The molecule has 0 spiro atoms. The van der Waals surface area contributed by atoms with Gasteiger partial charge in [0.05, 0.1) is 25.4 Å². The van der Waals surface area contributed by atoms with Crippen LogP contribution in [0.25, 0.3) is 22.2 Å². The summed E-state index contributed by atoms with van der Waals surface area (Å²) in [5.74, 6) is 1.63. The van der Waals surface area contributed by atoms with Gasteiger partial charge in [0.2, 0.25) is 0 Å². The lowest BCUT2D eigenvalue weighted by Crippen LogP contribution is -1.99. The third-order valence-electron chi connectivity index (χ3n) is 4.45. The molecule has 3 rings (SSSR count). The Morgan fingerprint density at radius 1 is 1.08 bits per heavy atom. The molecule has 0 amide bonds. The van der Waals surface area contributed by atoms with Crippen molar-refractivity contribution in [2.24, 2.45) is 5.73 Å². The van der Waals surface area contributed by atoms with Crippen molar-refractivity contribution in [2.45, 2.75) is 19.3 Å². The maximum atomic E-state index is 5.69. The van der Waals surface area contributed by atoms with E-state index in [1.807, 2.05) is 18.2 Å². The van der Waals surface area contributed by atoms with Gasteiger partial charge in [-0.2, -0.15) is 0 Å². The summed E-state index contributed by atoms with van der Waals surface area (Å²) < 4.78 is 12.1. The van der Waals surface area contributed by atoms with E-state index in [4.69, 9.17) is 15.2 Å². The molecular formula is C20H23BrN2O2. The molecule has 3 N–H and O–H groups in total. The van der Waals surface area contributed by atoms with Gasteiger partial charge in [0.15, 0.2) is 0 Å². The smallest absolute Gasteiger partial charge is 0.128 e. The van der Waals surface area contributed by atoms with Gasteiger partial charge in [-0.15, -0.1) is 0 Å². The van der Waals surface area contributed by atoms with Crippen molar-refractivity contribution in [3.63, 3.8) is 0 Å². The lowest BCUT2D eigenvalue weighted by molar-refractivity contribution is 0.404. The van der Waals surface area contributed by atoms with E-state index in [-0.39, 0.29) is 0 Å². The molecule has 0 fully saturated rings. The molecule has 0 saturated heterocycles. The molecule has 0 aliphatic carbocycles. The second-order valence-electron chi connectivity index (χ2n) is 5.95. The largest absolute Gasteiger partial charge is 0.497 e. The summed E-state index contributed by atoms with van der Waals surface area (Å²) in [5.41, 5.74) is 10.2. The van der Waals surface area contributed by atoms with E-state index in [2.05, 4.69) is 39.1 Å². The molecule has 0 unspecified atom stereocenters. The van der Waals surface area contributed by atoms with Crippen LogP contribution in [0.1, 0.15) is 18.4 Å². The van der Waals surface area contributed by atoms with Gasteiger partial charge in [0, 0.05) is 15.4 Å². The summed E-state index contributed by atoms with van der Waals surface area (Å²) in [6.45, 7) is 0.712. The summed E-state index contributed by atoms with van der Waals surface area (Å²) in [4.78, 5) is 3.59. The van der Waals surface area contributed by atoms with E-state index >= 15 is 0 Å². The number of hydrogen-bond acceptors (Lipinski definition) is 3. The van der Waals surface area contributed by atoms with Gasteiger partial charge in [0.1, 0.15) is 11.5 Å². The zero-order valence-corrected chi connectivity index (χ0v) is 16.2. The Morgan fingerprint density at radius 2 is 1.92 bits per heavy atom. The molecule has 0 aliphatic heterocycles. The highest BCUT2D eigenvalue weighted by atomic mass is 79.9. The number of H-pyrrole nitrogens is 1. The first-order chi connectivity index (χ1) is 12.2. The second kappa shape index (κ2) is 7.93. The van der Waals surface area contributed by atoms with Crippen molar-refractivity contribution < 1.29 is 9.47 Å². The van der Waals surface area contributed by atoms with Crippen LogP contribution in [0.3, 0.4) is 0 Å². The van der Waals surface area contributed by atoms with Crippen LogP contribution in [-0.4, -0.2) is 25.7 Å². The maximum absolute atomic E-state index is 5.69. The fraction of sp³-hybridized carbons (Fsp3) is 0.300. The summed E-state index contributed by atoms with van der Waals surface area (Å²) in [6, 6.07) is 12.1. The second-order valence-corrected chi connectivity index (χ2v) is 6.81. The van der Waals surface area contributed by atoms with E-state index in [0.29, 0.717) is 6.54 Å². The number of aryl methyl sites for hydroxylation is 1. The number of halogens is 1. The van der Waals surface area contributed by atoms with Gasteiger partial charge in [-0.05, 0) is 71.6 Å². The fourth-order valence-corrected chi connectivity index (χ4v) is 3.65. The standard InChI is InChI=1S/C20H23BrN2O2/c1-24-13-9-10-18(25-2)16(12-13)19-14(6-3-4-11-22)15-7-5-8-17(21)20(15)23-19/h5,7-10,12,23H,3-4,6,11,22H2,1-2H3. The van der Waals surface area contributed by atoms with Gasteiger partial charge >= 0.3 is 0 Å². The Hall–Kier alpha value is -1.98. The summed E-state index contributed by atoms with van der Waals surface area (Å²) in [5, 5.41) is 1.23. The molecular weight excluding hydrogens is 380 g/mol. The molecule has 2 aromatic carbocycles. The van der Waals surface area contributed by atoms with Gasteiger partial charge in [-0.3, -0.25) is 0 Å². The minimum atomic E-state index is 0.712. The van der Waals surface area contributed by atoms with E-state index in [1.165, 1.54) is 10.9 Å². The molecule has 1 heterocycles. The summed E-state index contributed by atoms with van der Waals surface area (Å²) in [6.07, 6.45) is 3.02. The number of aromatic amines is 1. The molecule has 0 aliphatic rings. The van der Waals surface area contributed by atoms with Crippen LogP contribution in [0.5, 0.6) is 11.5 Å². The van der Waals surface area contributed by atoms with Crippen LogP contribution in [0, 0.1) is 0 Å². The number of ether oxygens (including phenoxy) is 2. The summed E-state index contributed by atoms with van der Waals surface area (Å²) >= 11 is 3.66. The van der Waals surface area contributed by atoms with E-state index in [0.717, 1.165) is 52.0 Å². The van der Waals surface area contributed by atoms with Crippen molar-refractivity contribution in [3.8, 4) is 22.8 Å². The van der Waals surface area contributed by atoms with Crippen molar-refractivity contribution in [3.05, 3.63) is 46.4 Å². The molecule has 0 radical (unpaired) electrons. The number of methoxy groups -OCH3 is 2. The first-order valence-corrected chi connectivity index (χ1v) is 9.20. The number of aromatic nitrogens is 1. The highest BCUT2D eigenvalue weighted by molar-refractivity contribution is 9.10. The number of benzene rings is 2. The number of nitrogens with two attached hydrogens (primary N) is 1. The highest BCUT2D eigenvalue weighted by Gasteiger charge is 2.18. The van der Waals surface area contributed by atoms with Gasteiger partial charge in [0.25, 0.3) is 0 Å². The first kappa shape index (κ1) is 17.8. The molecule has 4 nitrogen and oxygen atoms in total. The minimum absolute atomic E-state index is 0.712. The van der Waals surface area contributed by atoms with Gasteiger partial charge < -0.3 is 20.2 Å². The predicted octanol–water partition coefficient (Wildman–Crippen LogP) is 4.90. The predicted molar refractivity (Wildman–Crippen MR) is 107 cm³/mol. The highest BCUT2D eigenvalue weighted by Crippen LogP contribution is 2.40. The molecule has 0 atom stereocenters. The van der Waals surface area contributed by atoms with E-state index in [9.17, 15) is 0 Å². The molecule has 0 bridgehead atoms. The third-order valence-corrected chi connectivity index (χ3v) is 5.11. The molecule has 3 aromatic rings. The van der Waals surface area contributed by atoms with E-state index in [1.54, 1.807) is 14.2 Å². The van der Waals surface area contributed by atoms with Crippen LogP contribution >= 0.6 is 15.9 Å². The Labute approximate surface area is 156 Å². The monoisotopic (exact) mass is 402 g/mol. The zero-order valence-electron chi connectivity index (χ0n) is 14.6. The normalized spacial score (nSPS) is 11.0. The van der Waals surface area contributed by atoms with Crippen molar-refractivity contribution in [2.75, 3.05) is 20.8 Å². The van der Waals surface area contributed by atoms with Crippen LogP contribution in [0.2, 0.25) is 0 Å². The Morgan fingerprint density at radius 3 is 2.64 bits per heavy atom. The quantitative estimate of drug-likeness (QED) is 0.552. The lowest BCUT2D eigenvalue weighted by Gasteiger charge is -2.11. The van der Waals surface area contributed by atoms with Crippen molar-refractivity contribution in [1.29, 1.82) is 0 Å². The molecule has 5 heteroatoms. The number of fused-ring (bicyclic) bond motifs is 1. The number of nitrogens with one attached hydrogen (secondary N) is 1. The maximum Gasteiger partial charge on any atom is 0.128 e. The molecule has 132 valence electrons. The molecule has 1 aromatic heterocycles. The zero-order chi connectivity index (χ0) is 17.8. The average molecular weight is 403 g/mol.